The predicted molar refractivity (Wildman–Crippen MR) is 114 cm³/mol. The second-order valence-corrected chi connectivity index (χ2v) is 7.93. The van der Waals surface area contributed by atoms with Gasteiger partial charge in [0.2, 0.25) is 18.0 Å². The quantitative estimate of drug-likeness (QED) is 0.225. The lowest BCUT2D eigenvalue weighted by Crippen LogP contribution is -2.55. The number of H-pyrrole nitrogens is 1. The second-order valence-electron chi connectivity index (χ2n) is 7.93. The molecular weight excluding hydrogens is 486 g/mol. The van der Waals surface area contributed by atoms with Crippen molar-refractivity contribution in [2.45, 2.75) is 64.8 Å². The zero-order valence-electron chi connectivity index (χ0n) is 20.1. The van der Waals surface area contributed by atoms with Crippen LogP contribution in [0, 0.1) is 0 Å². The smallest absolute Gasteiger partial charge is 0.463 e. The van der Waals surface area contributed by atoms with Crippen molar-refractivity contribution in [1.82, 2.24) is 4.98 Å². The van der Waals surface area contributed by atoms with E-state index in [-0.39, 0.29) is 31.5 Å². The van der Waals surface area contributed by atoms with Gasteiger partial charge in [0.25, 0.3) is 0 Å². The number of carbonyl (C=O) groups is 4. The fourth-order valence-corrected chi connectivity index (χ4v) is 3.59. The number of hydrogen-bond acceptors (Lipinski definition) is 12. The van der Waals surface area contributed by atoms with Crippen molar-refractivity contribution in [1.29, 1.82) is 0 Å². The van der Waals surface area contributed by atoms with Crippen LogP contribution in [0.2, 0.25) is 0 Å². The molecule has 0 bridgehead atoms. The van der Waals surface area contributed by atoms with Crippen LogP contribution in [-0.4, -0.2) is 79.5 Å². The Morgan fingerprint density at radius 3 is 2.33 bits per heavy atom. The van der Waals surface area contributed by atoms with E-state index in [4.69, 9.17) is 33.2 Å². The largest absolute Gasteiger partial charge is 0.499 e. The maximum atomic E-state index is 12.3. The number of anilines is 1. The molecule has 2 aliphatic heterocycles. The number of ether oxygens (including phenoxy) is 7. The minimum absolute atomic E-state index is 0.0192. The van der Waals surface area contributed by atoms with Gasteiger partial charge in [-0.05, 0) is 0 Å². The molecule has 1 aromatic rings. The summed E-state index contributed by atoms with van der Waals surface area (Å²) in [5, 5.41) is 2.47. The molecule has 15 heteroatoms. The topological polar surface area (TPSA) is 182 Å². The van der Waals surface area contributed by atoms with Gasteiger partial charge >= 0.3 is 23.6 Å². The van der Waals surface area contributed by atoms with E-state index in [0.717, 1.165) is 0 Å². The molecule has 3 heterocycles. The molecule has 1 aromatic heterocycles. The van der Waals surface area contributed by atoms with Crippen LogP contribution in [0.25, 0.3) is 0 Å². The molecule has 1 unspecified atom stereocenters. The average molecular weight is 514 g/mol. The van der Waals surface area contributed by atoms with Gasteiger partial charge in [-0.2, -0.15) is 14.3 Å². The van der Waals surface area contributed by atoms with E-state index >= 15 is 0 Å². The van der Waals surface area contributed by atoms with Gasteiger partial charge in [0.05, 0.1) is 0 Å². The molecule has 0 spiro atoms. The van der Waals surface area contributed by atoms with E-state index in [9.17, 15) is 24.0 Å². The Labute approximate surface area is 204 Å². The molecule has 2 aliphatic rings. The molecule has 1 amide bonds. The average Bonchev–Trinajstić information content (AvgIpc) is 3.35. The van der Waals surface area contributed by atoms with Gasteiger partial charge in [-0.1, -0.05) is 0 Å². The molecule has 2 N–H and O–H groups in total. The Kier molecular flexibility index (Phi) is 9.08. The van der Waals surface area contributed by atoms with Crippen LogP contribution >= 0.6 is 0 Å². The molecule has 0 aromatic carbocycles. The molecule has 15 nitrogen and oxygen atoms in total. The molecule has 0 aliphatic carbocycles. The van der Waals surface area contributed by atoms with Crippen molar-refractivity contribution in [2.75, 3.05) is 25.1 Å². The standard InChI is InChI=1S/C21H27N3O12/c1-10(25)22-15-5-6-24(21(29)23-15)16-8-31-17(36-16)9-32-20-19(34-13(4)28)18(33-12(3)27)14(35-20)7-30-11(2)26/h5-6,14,16-20H,7-9H2,1-4H3,(H,22,23,25,29)/p+1/t14-,16+,17+,18-,19-,20?/m1/s1. The van der Waals surface area contributed by atoms with E-state index in [1.807, 2.05) is 0 Å². The number of aromatic nitrogens is 2. The monoisotopic (exact) mass is 514 g/mol. The normalized spacial score (nSPS) is 27.3. The Morgan fingerprint density at radius 2 is 1.72 bits per heavy atom. The van der Waals surface area contributed by atoms with E-state index in [1.54, 1.807) is 0 Å². The number of aromatic amines is 1. The third kappa shape index (κ3) is 7.30. The number of nitrogens with zero attached hydrogens (tertiary/aromatic N) is 1. The van der Waals surface area contributed by atoms with Gasteiger partial charge in [-0.3, -0.25) is 24.5 Å². The van der Waals surface area contributed by atoms with Crippen molar-refractivity contribution in [3.63, 3.8) is 0 Å². The van der Waals surface area contributed by atoms with Gasteiger partial charge in [0.1, 0.15) is 32.1 Å². The first-order valence-corrected chi connectivity index (χ1v) is 11.0. The Hall–Kier alpha value is -3.40. The first-order chi connectivity index (χ1) is 17.0. The second kappa shape index (κ2) is 12.0. The summed E-state index contributed by atoms with van der Waals surface area (Å²) < 4.78 is 39.4. The molecule has 0 radical (unpaired) electrons. The van der Waals surface area contributed by atoms with Gasteiger partial charge in [0.15, 0.2) is 24.8 Å². The molecule has 0 saturated carbocycles. The number of hydrogen-bond donors (Lipinski definition) is 2. The van der Waals surface area contributed by atoms with E-state index in [0.29, 0.717) is 0 Å². The van der Waals surface area contributed by atoms with Crippen molar-refractivity contribution in [2.24, 2.45) is 0 Å². The lowest BCUT2D eigenvalue weighted by molar-refractivity contribution is -0.771. The molecule has 2 saturated heterocycles. The third-order valence-electron chi connectivity index (χ3n) is 4.95. The molecule has 36 heavy (non-hydrogen) atoms. The number of amides is 1. The lowest BCUT2D eigenvalue weighted by atomic mass is 10.1. The Balaban J connectivity index is 1.63. The number of nitrogens with one attached hydrogen (secondary N) is 2. The maximum absolute atomic E-state index is 12.3. The highest BCUT2D eigenvalue weighted by Gasteiger charge is 2.51. The van der Waals surface area contributed by atoms with Crippen molar-refractivity contribution in [3.8, 4) is 0 Å². The van der Waals surface area contributed by atoms with Crippen LogP contribution in [0.4, 0.5) is 5.82 Å². The lowest BCUT2D eigenvalue weighted by Gasteiger charge is -2.23. The van der Waals surface area contributed by atoms with Crippen LogP contribution in [0.3, 0.4) is 0 Å². The number of rotatable bonds is 9. The van der Waals surface area contributed by atoms with Crippen LogP contribution < -0.4 is 15.6 Å². The van der Waals surface area contributed by atoms with Gasteiger partial charge < -0.3 is 33.2 Å². The molecule has 3 rings (SSSR count). The molecule has 2 fully saturated rings. The van der Waals surface area contributed by atoms with Crippen molar-refractivity contribution < 1.29 is 56.9 Å². The third-order valence-corrected chi connectivity index (χ3v) is 4.95. The van der Waals surface area contributed by atoms with Gasteiger partial charge in [-0.15, -0.1) is 0 Å². The highest BCUT2D eigenvalue weighted by Crippen LogP contribution is 2.29. The Morgan fingerprint density at radius 1 is 1.03 bits per heavy atom. The maximum Gasteiger partial charge on any atom is 0.499 e. The molecular formula is C21H28N3O12+. The highest BCUT2D eigenvalue weighted by molar-refractivity contribution is 5.87. The van der Waals surface area contributed by atoms with E-state index in [1.165, 1.54) is 44.5 Å². The summed E-state index contributed by atoms with van der Waals surface area (Å²) in [4.78, 5) is 60.5. The summed E-state index contributed by atoms with van der Waals surface area (Å²) in [6, 6.07) is 1.49. The van der Waals surface area contributed by atoms with E-state index in [2.05, 4.69) is 10.3 Å². The summed E-state index contributed by atoms with van der Waals surface area (Å²) in [7, 11) is 0. The van der Waals surface area contributed by atoms with Crippen LogP contribution in [-0.2, 0) is 52.3 Å². The first-order valence-electron chi connectivity index (χ1n) is 11.0. The number of esters is 3. The summed E-state index contributed by atoms with van der Waals surface area (Å²) in [5.41, 5.74) is -0.539. The van der Waals surface area contributed by atoms with Crippen molar-refractivity contribution >= 4 is 29.6 Å². The molecule has 198 valence electrons. The minimum atomic E-state index is -1.20. The minimum Gasteiger partial charge on any atom is -0.463 e. The predicted octanol–water partition coefficient (Wildman–Crippen LogP) is -1.34. The summed E-state index contributed by atoms with van der Waals surface area (Å²) >= 11 is 0. The van der Waals surface area contributed by atoms with Crippen molar-refractivity contribution in [3.05, 3.63) is 22.7 Å². The number of carbonyl (C=O) groups excluding carboxylic acids is 4. The summed E-state index contributed by atoms with van der Waals surface area (Å²) in [6.07, 6.45) is -4.67. The highest BCUT2D eigenvalue weighted by atomic mass is 16.8. The van der Waals surface area contributed by atoms with Gasteiger partial charge in [0, 0.05) is 33.8 Å². The fourth-order valence-electron chi connectivity index (χ4n) is 3.59. The SMILES string of the molecule is CC(=O)Nc1cc[n+]([C@@H]2CO[C@H](COC3O[C@H](COC(C)=O)[C@@H](OC(C)=O)[C@H]3OC(C)=O)O2)c(=O)[nH]1. The summed E-state index contributed by atoms with van der Waals surface area (Å²) in [5.74, 6) is -2.03. The van der Waals surface area contributed by atoms with Crippen LogP contribution in [0.1, 0.15) is 33.9 Å². The zero-order valence-corrected chi connectivity index (χ0v) is 20.1. The first kappa shape index (κ1) is 27.2. The van der Waals surface area contributed by atoms with Crippen LogP contribution in [0.5, 0.6) is 0 Å². The zero-order chi connectivity index (χ0) is 26.4. The van der Waals surface area contributed by atoms with Crippen LogP contribution in [0.15, 0.2) is 17.1 Å². The Bertz CT molecular complexity index is 1040. The van der Waals surface area contributed by atoms with E-state index < -0.39 is 60.7 Å². The fraction of sp³-hybridized carbons (Fsp3) is 0.619. The van der Waals surface area contributed by atoms with Gasteiger partial charge in [-0.25, -0.2) is 0 Å². The summed E-state index contributed by atoms with van der Waals surface area (Å²) in [6.45, 7) is 4.41. The molecule has 6 atom stereocenters.